The Bertz CT molecular complexity index is 432. The first kappa shape index (κ1) is 11.2. The molecule has 82 valence electrons. The highest BCUT2D eigenvalue weighted by atomic mass is 32.2. The van der Waals surface area contributed by atoms with Gasteiger partial charge in [-0.15, -0.1) is 11.8 Å². The minimum absolute atomic E-state index is 0.104. The molecule has 1 aromatic rings. The highest BCUT2D eigenvalue weighted by molar-refractivity contribution is 8.00. The van der Waals surface area contributed by atoms with E-state index in [0.717, 1.165) is 11.3 Å². The molecule has 3 heteroatoms. The number of hydrogen-bond acceptors (Lipinski definition) is 3. The van der Waals surface area contributed by atoms with Crippen LogP contribution in [0.2, 0.25) is 0 Å². The minimum Gasteiger partial charge on any atom is -0.298 e. The summed E-state index contributed by atoms with van der Waals surface area (Å²) in [4.78, 5) is 12.6. The summed E-state index contributed by atoms with van der Waals surface area (Å²) in [5.74, 6) is -0.307. The topological polar surface area (TPSA) is 40.9 Å². The lowest BCUT2D eigenvalue weighted by Crippen LogP contribution is -2.13. The van der Waals surface area contributed by atoms with E-state index in [1.807, 2.05) is 6.92 Å². The lowest BCUT2D eigenvalue weighted by molar-refractivity contribution is -0.119. The number of carbonyl (C=O) groups is 1. The first-order chi connectivity index (χ1) is 7.70. The summed E-state index contributed by atoms with van der Waals surface area (Å²) in [5, 5.41) is 9.08. The van der Waals surface area contributed by atoms with Crippen molar-refractivity contribution >= 4 is 17.5 Å². The zero-order valence-corrected chi connectivity index (χ0v) is 9.96. The van der Waals surface area contributed by atoms with Gasteiger partial charge in [0.15, 0.2) is 5.78 Å². The first-order valence-electron chi connectivity index (χ1n) is 5.36. The van der Waals surface area contributed by atoms with Gasteiger partial charge >= 0.3 is 0 Å². The molecule has 2 atom stereocenters. The molecule has 1 aliphatic rings. The molecule has 0 amide bonds. The zero-order chi connectivity index (χ0) is 11.5. The highest BCUT2D eigenvalue weighted by Gasteiger charge is 2.35. The maximum Gasteiger partial charge on any atom is 0.151 e. The van der Waals surface area contributed by atoms with Gasteiger partial charge in [-0.2, -0.15) is 5.26 Å². The summed E-state index contributed by atoms with van der Waals surface area (Å²) >= 11 is 1.65. The number of thioether (sulfide) groups is 1. The Labute approximate surface area is 99.7 Å². The average molecular weight is 231 g/mol. The van der Waals surface area contributed by atoms with Gasteiger partial charge in [0.25, 0.3) is 0 Å². The van der Waals surface area contributed by atoms with Crippen LogP contribution in [-0.2, 0) is 4.79 Å². The van der Waals surface area contributed by atoms with E-state index in [0.29, 0.717) is 6.42 Å². The highest BCUT2D eigenvalue weighted by Crippen LogP contribution is 2.36. The monoisotopic (exact) mass is 231 g/mol. The van der Waals surface area contributed by atoms with Crippen LogP contribution in [0.3, 0.4) is 0 Å². The zero-order valence-electron chi connectivity index (χ0n) is 9.14. The van der Waals surface area contributed by atoms with Crippen LogP contribution in [0.1, 0.15) is 18.4 Å². The molecule has 0 aliphatic heterocycles. The van der Waals surface area contributed by atoms with Gasteiger partial charge in [-0.1, -0.05) is 17.7 Å². The smallest absolute Gasteiger partial charge is 0.151 e. The van der Waals surface area contributed by atoms with Crippen molar-refractivity contribution in [3.8, 4) is 6.07 Å². The van der Waals surface area contributed by atoms with E-state index in [4.69, 9.17) is 5.26 Å². The van der Waals surface area contributed by atoms with Gasteiger partial charge in [0.05, 0.1) is 6.07 Å². The molecule has 0 radical (unpaired) electrons. The quantitative estimate of drug-likeness (QED) is 0.785. The summed E-state index contributed by atoms with van der Waals surface area (Å²) in [7, 11) is 0. The standard InChI is InChI=1S/C13H13NOS/c1-9-2-4-10(5-3-9)16-13-7-6-12(15)11(13)8-14/h2-5,11,13H,6-7H2,1H3/t11-,13+/m1/s1. The fourth-order valence-electron chi connectivity index (χ4n) is 1.89. The molecule has 1 fully saturated rings. The van der Waals surface area contributed by atoms with E-state index in [1.165, 1.54) is 5.56 Å². The Balaban J connectivity index is 2.08. The first-order valence-corrected chi connectivity index (χ1v) is 6.24. The SMILES string of the molecule is Cc1ccc(S[C@H]2CCC(=O)[C@H]2C#N)cc1. The molecule has 0 unspecified atom stereocenters. The molecule has 0 aromatic heterocycles. The summed E-state index contributed by atoms with van der Waals surface area (Å²) in [6, 6.07) is 10.3. The Morgan fingerprint density at radius 1 is 1.38 bits per heavy atom. The normalized spacial score (nSPS) is 24.4. The molecule has 1 aliphatic carbocycles. The molecule has 1 saturated carbocycles. The van der Waals surface area contributed by atoms with Gasteiger partial charge in [0.2, 0.25) is 0 Å². The third-order valence-electron chi connectivity index (χ3n) is 2.84. The number of aryl methyl sites for hydroxylation is 1. The number of benzene rings is 1. The molecule has 1 aromatic carbocycles. The van der Waals surface area contributed by atoms with Gasteiger partial charge < -0.3 is 0 Å². The van der Waals surface area contributed by atoms with E-state index in [-0.39, 0.29) is 11.0 Å². The van der Waals surface area contributed by atoms with Crippen molar-refractivity contribution < 1.29 is 4.79 Å². The molecule has 16 heavy (non-hydrogen) atoms. The number of hydrogen-bond donors (Lipinski definition) is 0. The van der Waals surface area contributed by atoms with Crippen LogP contribution in [-0.4, -0.2) is 11.0 Å². The van der Waals surface area contributed by atoms with Crippen molar-refractivity contribution in [2.75, 3.05) is 0 Å². The van der Waals surface area contributed by atoms with E-state index in [2.05, 4.69) is 30.3 Å². The van der Waals surface area contributed by atoms with Crippen LogP contribution >= 0.6 is 11.8 Å². The average Bonchev–Trinajstić information content (AvgIpc) is 2.63. The number of nitrogens with zero attached hydrogens (tertiary/aromatic N) is 1. The summed E-state index contributed by atoms with van der Waals surface area (Å²) < 4.78 is 0. The van der Waals surface area contributed by atoms with Crippen LogP contribution in [0.25, 0.3) is 0 Å². The van der Waals surface area contributed by atoms with Crippen molar-refractivity contribution in [1.29, 1.82) is 5.26 Å². The number of carbonyl (C=O) groups excluding carboxylic acids is 1. The second-order valence-electron chi connectivity index (χ2n) is 4.08. The van der Waals surface area contributed by atoms with Crippen LogP contribution in [0.4, 0.5) is 0 Å². The van der Waals surface area contributed by atoms with Crippen LogP contribution < -0.4 is 0 Å². The third kappa shape index (κ3) is 2.28. The molecule has 0 saturated heterocycles. The minimum atomic E-state index is -0.411. The van der Waals surface area contributed by atoms with Crippen LogP contribution in [0.5, 0.6) is 0 Å². The third-order valence-corrected chi connectivity index (χ3v) is 4.20. The molecular formula is C13H13NOS. The molecule has 0 heterocycles. The Morgan fingerprint density at radius 3 is 2.69 bits per heavy atom. The number of nitriles is 1. The number of ketones is 1. The Hall–Kier alpha value is -1.27. The predicted molar refractivity (Wildman–Crippen MR) is 64.2 cm³/mol. The van der Waals surface area contributed by atoms with Crippen molar-refractivity contribution in [2.45, 2.75) is 29.9 Å². The van der Waals surface area contributed by atoms with Crippen LogP contribution in [0, 0.1) is 24.2 Å². The van der Waals surface area contributed by atoms with Crippen LogP contribution in [0.15, 0.2) is 29.2 Å². The van der Waals surface area contributed by atoms with Gasteiger partial charge in [0.1, 0.15) is 5.92 Å². The summed E-state index contributed by atoms with van der Waals surface area (Å²) in [6.07, 6.45) is 1.39. The molecular weight excluding hydrogens is 218 g/mol. The van der Waals surface area contributed by atoms with Gasteiger partial charge in [-0.05, 0) is 25.5 Å². The van der Waals surface area contributed by atoms with Gasteiger partial charge in [0, 0.05) is 16.6 Å². The lowest BCUT2D eigenvalue weighted by Gasteiger charge is -2.11. The largest absolute Gasteiger partial charge is 0.298 e. The molecule has 2 nitrogen and oxygen atoms in total. The summed E-state index contributed by atoms with van der Waals surface area (Å²) in [6.45, 7) is 2.05. The number of Topliss-reactive ketones (excluding diaryl/α,β-unsaturated/α-hetero) is 1. The molecule has 2 rings (SSSR count). The van der Waals surface area contributed by atoms with Crippen molar-refractivity contribution in [1.82, 2.24) is 0 Å². The maximum absolute atomic E-state index is 11.4. The van der Waals surface area contributed by atoms with Crippen molar-refractivity contribution in [3.63, 3.8) is 0 Å². The second-order valence-corrected chi connectivity index (χ2v) is 5.39. The van der Waals surface area contributed by atoms with E-state index in [1.54, 1.807) is 11.8 Å². The van der Waals surface area contributed by atoms with Crippen molar-refractivity contribution in [2.24, 2.45) is 5.92 Å². The summed E-state index contributed by atoms with van der Waals surface area (Å²) in [5.41, 5.74) is 1.23. The van der Waals surface area contributed by atoms with Gasteiger partial charge in [-0.3, -0.25) is 4.79 Å². The van der Waals surface area contributed by atoms with E-state index < -0.39 is 5.92 Å². The Kier molecular flexibility index (Phi) is 3.31. The fourth-order valence-corrected chi connectivity index (χ4v) is 3.11. The van der Waals surface area contributed by atoms with E-state index in [9.17, 15) is 4.79 Å². The fraction of sp³-hybridized carbons (Fsp3) is 0.385. The molecule has 0 N–H and O–H groups in total. The predicted octanol–water partition coefficient (Wildman–Crippen LogP) is 2.96. The Morgan fingerprint density at radius 2 is 2.06 bits per heavy atom. The maximum atomic E-state index is 11.4. The lowest BCUT2D eigenvalue weighted by atomic mass is 10.1. The number of rotatable bonds is 2. The van der Waals surface area contributed by atoms with E-state index >= 15 is 0 Å². The second kappa shape index (κ2) is 4.71. The molecule has 0 spiro atoms. The molecule has 0 bridgehead atoms. The van der Waals surface area contributed by atoms with Crippen molar-refractivity contribution in [3.05, 3.63) is 29.8 Å². The van der Waals surface area contributed by atoms with Gasteiger partial charge in [-0.25, -0.2) is 0 Å².